The van der Waals surface area contributed by atoms with Crippen LogP contribution in [-0.4, -0.2) is 29.4 Å². The van der Waals surface area contributed by atoms with E-state index < -0.39 is 5.97 Å². The van der Waals surface area contributed by atoms with Crippen molar-refractivity contribution in [3.05, 3.63) is 15.8 Å². The van der Waals surface area contributed by atoms with E-state index in [4.69, 9.17) is 14.9 Å². The minimum absolute atomic E-state index is 0.0471. The Balaban J connectivity index is 2.69. The van der Waals surface area contributed by atoms with Gasteiger partial charge < -0.3 is 14.9 Å². The number of ether oxygens (including phenoxy) is 1. The third-order valence-electron chi connectivity index (χ3n) is 1.58. The van der Waals surface area contributed by atoms with Crippen LogP contribution >= 0.6 is 11.3 Å². The van der Waals surface area contributed by atoms with Crippen LogP contribution in [0.3, 0.4) is 0 Å². The lowest BCUT2D eigenvalue weighted by molar-refractivity contribution is 0.0698. The van der Waals surface area contributed by atoms with Crippen molar-refractivity contribution in [2.24, 2.45) is 0 Å². The Morgan fingerprint density at radius 1 is 1.64 bits per heavy atom. The van der Waals surface area contributed by atoms with Crippen LogP contribution in [0.2, 0.25) is 0 Å². The molecule has 4 nitrogen and oxygen atoms in total. The topological polar surface area (TPSA) is 66.8 Å². The van der Waals surface area contributed by atoms with E-state index in [1.165, 1.54) is 11.3 Å². The summed E-state index contributed by atoms with van der Waals surface area (Å²) in [6, 6.07) is 1.70. The van der Waals surface area contributed by atoms with Gasteiger partial charge in [0.05, 0.1) is 6.61 Å². The molecule has 78 valence electrons. The molecule has 0 amide bonds. The predicted molar refractivity (Wildman–Crippen MR) is 53.2 cm³/mol. The predicted octanol–water partition coefficient (Wildman–Crippen LogP) is 1.52. The summed E-state index contributed by atoms with van der Waals surface area (Å²) >= 11 is 1.19. The molecule has 1 aromatic heterocycles. The molecule has 0 radical (unpaired) electrons. The summed E-state index contributed by atoms with van der Waals surface area (Å²) in [5.74, 6) is -0.574. The standard InChI is InChI=1S/C9H12O4S/c1-6-5-7(13-4-2-3-10)8(14-6)9(11)12/h5,10H,2-4H2,1H3,(H,11,12). The van der Waals surface area contributed by atoms with Gasteiger partial charge in [0.2, 0.25) is 0 Å². The Morgan fingerprint density at radius 2 is 2.36 bits per heavy atom. The van der Waals surface area contributed by atoms with Crippen molar-refractivity contribution in [2.75, 3.05) is 13.2 Å². The number of rotatable bonds is 5. The lowest BCUT2D eigenvalue weighted by Crippen LogP contribution is -2.02. The van der Waals surface area contributed by atoms with Crippen LogP contribution in [0.4, 0.5) is 0 Å². The average Bonchev–Trinajstić information content (AvgIpc) is 2.47. The van der Waals surface area contributed by atoms with Gasteiger partial charge in [-0.05, 0) is 13.0 Å². The molecule has 0 unspecified atom stereocenters. The molecular formula is C9H12O4S. The second-order valence-electron chi connectivity index (χ2n) is 2.78. The smallest absolute Gasteiger partial charge is 0.349 e. The van der Waals surface area contributed by atoms with Gasteiger partial charge in [-0.1, -0.05) is 0 Å². The monoisotopic (exact) mass is 216 g/mol. The SMILES string of the molecule is Cc1cc(OCCCO)c(C(=O)O)s1. The van der Waals surface area contributed by atoms with Crippen LogP contribution in [0.25, 0.3) is 0 Å². The maximum atomic E-state index is 10.7. The summed E-state index contributed by atoms with van der Waals surface area (Å²) in [7, 11) is 0. The first-order valence-electron chi connectivity index (χ1n) is 4.22. The van der Waals surface area contributed by atoms with Crippen molar-refractivity contribution in [2.45, 2.75) is 13.3 Å². The van der Waals surface area contributed by atoms with Crippen molar-refractivity contribution in [3.8, 4) is 5.75 Å². The third kappa shape index (κ3) is 2.71. The van der Waals surface area contributed by atoms with Crippen molar-refractivity contribution in [1.82, 2.24) is 0 Å². The van der Waals surface area contributed by atoms with E-state index in [2.05, 4.69) is 0 Å². The van der Waals surface area contributed by atoms with E-state index in [-0.39, 0.29) is 11.5 Å². The van der Waals surface area contributed by atoms with E-state index >= 15 is 0 Å². The van der Waals surface area contributed by atoms with Crippen molar-refractivity contribution in [3.63, 3.8) is 0 Å². The van der Waals surface area contributed by atoms with Gasteiger partial charge in [0.1, 0.15) is 5.75 Å². The maximum absolute atomic E-state index is 10.7. The Morgan fingerprint density at radius 3 is 2.93 bits per heavy atom. The highest BCUT2D eigenvalue weighted by molar-refractivity contribution is 7.14. The summed E-state index contributed by atoms with van der Waals surface area (Å²) < 4.78 is 5.23. The molecule has 0 spiro atoms. The number of hydrogen-bond donors (Lipinski definition) is 2. The molecule has 0 atom stereocenters. The lowest BCUT2D eigenvalue weighted by atomic mass is 10.4. The fourth-order valence-electron chi connectivity index (χ4n) is 0.994. The number of carboxylic acid groups (broad SMARTS) is 1. The summed E-state index contributed by atoms with van der Waals surface area (Å²) in [5.41, 5.74) is 0. The lowest BCUT2D eigenvalue weighted by Gasteiger charge is -2.02. The molecule has 5 heteroatoms. The Bertz CT molecular complexity index is 319. The quantitative estimate of drug-likeness (QED) is 0.732. The Hall–Kier alpha value is -1.07. The van der Waals surface area contributed by atoms with Gasteiger partial charge in [0.25, 0.3) is 0 Å². The second-order valence-corrected chi connectivity index (χ2v) is 4.04. The van der Waals surface area contributed by atoms with Gasteiger partial charge in [-0.15, -0.1) is 11.3 Å². The summed E-state index contributed by atoms with van der Waals surface area (Å²) in [4.78, 5) is 11.9. The summed E-state index contributed by atoms with van der Waals surface area (Å²) in [6.07, 6.45) is 0.508. The Labute approximate surface area is 85.8 Å². The molecule has 1 rings (SSSR count). The highest BCUT2D eigenvalue weighted by Gasteiger charge is 2.14. The highest BCUT2D eigenvalue weighted by atomic mass is 32.1. The van der Waals surface area contributed by atoms with Gasteiger partial charge in [0.15, 0.2) is 4.88 Å². The minimum Gasteiger partial charge on any atom is -0.492 e. The van der Waals surface area contributed by atoms with Gasteiger partial charge in [0, 0.05) is 17.9 Å². The van der Waals surface area contributed by atoms with Gasteiger partial charge in [-0.3, -0.25) is 0 Å². The number of aliphatic hydroxyl groups is 1. The zero-order valence-electron chi connectivity index (χ0n) is 7.82. The second kappa shape index (κ2) is 4.97. The first-order valence-corrected chi connectivity index (χ1v) is 5.04. The van der Waals surface area contributed by atoms with Crippen LogP contribution in [0, 0.1) is 6.92 Å². The summed E-state index contributed by atoms with van der Waals surface area (Å²) in [6.45, 7) is 2.22. The van der Waals surface area contributed by atoms with Crippen LogP contribution in [0.15, 0.2) is 6.07 Å². The molecule has 0 bridgehead atoms. The molecule has 1 aromatic rings. The first-order chi connectivity index (χ1) is 6.65. The largest absolute Gasteiger partial charge is 0.492 e. The molecule has 14 heavy (non-hydrogen) atoms. The number of aromatic carboxylic acids is 1. The van der Waals surface area contributed by atoms with Gasteiger partial charge in [-0.2, -0.15) is 0 Å². The number of hydrogen-bond acceptors (Lipinski definition) is 4. The fourth-order valence-corrected chi connectivity index (χ4v) is 1.79. The van der Waals surface area contributed by atoms with E-state index in [9.17, 15) is 4.79 Å². The number of carboxylic acids is 1. The number of thiophene rings is 1. The van der Waals surface area contributed by atoms with Crippen molar-refractivity contribution in [1.29, 1.82) is 0 Å². The molecule has 0 aliphatic heterocycles. The molecule has 0 saturated carbocycles. The number of aryl methyl sites for hydroxylation is 1. The average molecular weight is 216 g/mol. The van der Waals surface area contributed by atoms with Gasteiger partial charge in [-0.25, -0.2) is 4.79 Å². The van der Waals surface area contributed by atoms with Crippen molar-refractivity contribution < 1.29 is 19.7 Å². The molecule has 2 N–H and O–H groups in total. The molecule has 0 aliphatic carbocycles. The van der Waals surface area contributed by atoms with E-state index in [1.54, 1.807) is 6.07 Å². The molecule has 0 saturated heterocycles. The third-order valence-corrected chi connectivity index (χ3v) is 2.60. The molecular weight excluding hydrogens is 204 g/mol. The molecule has 1 heterocycles. The zero-order chi connectivity index (χ0) is 10.6. The first kappa shape index (κ1) is 11.0. The summed E-state index contributed by atoms with van der Waals surface area (Å²) in [5, 5.41) is 17.4. The zero-order valence-corrected chi connectivity index (χ0v) is 8.63. The van der Waals surface area contributed by atoms with Crippen LogP contribution in [-0.2, 0) is 0 Å². The van der Waals surface area contributed by atoms with Crippen LogP contribution in [0.5, 0.6) is 5.75 Å². The van der Waals surface area contributed by atoms with E-state index in [0.717, 1.165) is 4.88 Å². The van der Waals surface area contributed by atoms with E-state index in [1.807, 2.05) is 6.92 Å². The molecule has 0 aromatic carbocycles. The minimum atomic E-state index is -0.970. The number of carbonyl (C=O) groups is 1. The van der Waals surface area contributed by atoms with Crippen LogP contribution in [0.1, 0.15) is 21.0 Å². The molecule has 0 fully saturated rings. The fraction of sp³-hybridized carbons (Fsp3) is 0.444. The maximum Gasteiger partial charge on any atom is 0.349 e. The van der Waals surface area contributed by atoms with E-state index in [0.29, 0.717) is 18.8 Å². The normalized spacial score (nSPS) is 10.1. The van der Waals surface area contributed by atoms with Crippen molar-refractivity contribution >= 4 is 17.3 Å². The number of aliphatic hydroxyl groups excluding tert-OH is 1. The molecule has 0 aliphatic rings. The Kier molecular flexibility index (Phi) is 3.91. The van der Waals surface area contributed by atoms with Gasteiger partial charge >= 0.3 is 5.97 Å². The highest BCUT2D eigenvalue weighted by Crippen LogP contribution is 2.28. The van der Waals surface area contributed by atoms with Crippen LogP contribution < -0.4 is 4.74 Å².